The summed E-state index contributed by atoms with van der Waals surface area (Å²) < 4.78 is 4.42. The van der Waals surface area contributed by atoms with Crippen molar-refractivity contribution in [1.29, 1.82) is 0 Å². The summed E-state index contributed by atoms with van der Waals surface area (Å²) in [7, 11) is 3.83. The molecule has 2 atom stereocenters. The minimum Gasteiger partial charge on any atom is -0.480 e. The molecule has 0 aromatic heterocycles. The molecule has 0 saturated carbocycles. The average Bonchev–Trinajstić information content (AvgIpc) is 2.22. The first kappa shape index (κ1) is 14.6. The van der Waals surface area contributed by atoms with Crippen molar-refractivity contribution in [3.05, 3.63) is 0 Å². The van der Waals surface area contributed by atoms with Crippen LogP contribution >= 0.6 is 21.6 Å². The largest absolute Gasteiger partial charge is 0.480 e. The van der Waals surface area contributed by atoms with E-state index < -0.39 is 24.0 Å². The molecule has 0 spiro atoms. The fourth-order valence-corrected chi connectivity index (χ4v) is 2.75. The molecule has 88 valence electrons. The minimum absolute atomic E-state index is 0.272. The first-order valence-corrected chi connectivity index (χ1v) is 6.54. The van der Waals surface area contributed by atoms with Crippen molar-refractivity contribution in [1.82, 2.24) is 0 Å². The lowest BCUT2D eigenvalue weighted by molar-refractivity contribution is -0.141. The lowest BCUT2D eigenvalue weighted by Crippen LogP contribution is -2.34. The number of carbonyl (C=O) groups is 2. The quantitative estimate of drug-likeness (QED) is 0.310. The normalized spacial score (nSPS) is 14.3. The second kappa shape index (κ2) is 7.80. The second-order valence-electron chi connectivity index (χ2n) is 2.64. The van der Waals surface area contributed by atoms with Gasteiger partial charge in [0.25, 0.3) is 0 Å². The summed E-state index contributed by atoms with van der Waals surface area (Å²) in [5.74, 6) is -0.886. The Morgan fingerprint density at radius 2 is 1.73 bits per heavy atom. The van der Waals surface area contributed by atoms with Crippen molar-refractivity contribution in [2.75, 3.05) is 18.6 Å². The Morgan fingerprint density at radius 3 is 2.13 bits per heavy atom. The molecule has 0 radical (unpaired) electrons. The first-order chi connectivity index (χ1) is 6.99. The van der Waals surface area contributed by atoms with Gasteiger partial charge in [0.05, 0.1) is 7.11 Å². The van der Waals surface area contributed by atoms with Gasteiger partial charge in [-0.1, -0.05) is 21.6 Å². The fraction of sp³-hybridized carbons (Fsp3) is 0.714. The number of methoxy groups -OCH3 is 1. The molecule has 0 bridgehead atoms. The highest BCUT2D eigenvalue weighted by Crippen LogP contribution is 2.22. The first-order valence-electron chi connectivity index (χ1n) is 4.05. The SMILES string of the molecule is COC(=O)C(N)CSSC[C@@H](N)C(=O)O. The van der Waals surface area contributed by atoms with E-state index in [2.05, 4.69) is 4.74 Å². The van der Waals surface area contributed by atoms with Crippen LogP contribution in [0.15, 0.2) is 0 Å². The zero-order valence-corrected chi connectivity index (χ0v) is 9.85. The van der Waals surface area contributed by atoms with Crippen LogP contribution in [-0.4, -0.2) is 47.7 Å². The molecule has 0 aromatic carbocycles. The third-order valence-electron chi connectivity index (χ3n) is 1.40. The molecule has 0 aromatic rings. The molecule has 6 nitrogen and oxygen atoms in total. The fourth-order valence-electron chi connectivity index (χ4n) is 0.534. The smallest absolute Gasteiger partial charge is 0.323 e. The van der Waals surface area contributed by atoms with E-state index in [-0.39, 0.29) is 5.75 Å². The van der Waals surface area contributed by atoms with E-state index in [9.17, 15) is 9.59 Å². The maximum Gasteiger partial charge on any atom is 0.323 e. The lowest BCUT2D eigenvalue weighted by atomic mass is 10.4. The van der Waals surface area contributed by atoms with Gasteiger partial charge in [-0.25, -0.2) is 0 Å². The number of carboxylic acid groups (broad SMARTS) is 1. The second-order valence-corrected chi connectivity index (χ2v) is 5.20. The van der Waals surface area contributed by atoms with E-state index in [0.717, 1.165) is 0 Å². The van der Waals surface area contributed by atoms with Crippen LogP contribution in [0.3, 0.4) is 0 Å². The van der Waals surface area contributed by atoms with Gasteiger partial charge in [0, 0.05) is 11.5 Å². The van der Waals surface area contributed by atoms with Crippen LogP contribution in [0.5, 0.6) is 0 Å². The average molecular weight is 254 g/mol. The predicted octanol–water partition coefficient (Wildman–Crippen LogP) is -0.720. The van der Waals surface area contributed by atoms with Crippen molar-refractivity contribution in [2.45, 2.75) is 12.1 Å². The van der Waals surface area contributed by atoms with Crippen molar-refractivity contribution in [2.24, 2.45) is 11.5 Å². The number of hydrogen-bond donors (Lipinski definition) is 3. The Morgan fingerprint density at radius 1 is 1.27 bits per heavy atom. The van der Waals surface area contributed by atoms with E-state index in [1.54, 1.807) is 0 Å². The number of carboxylic acids is 1. The molecule has 8 heteroatoms. The molecule has 1 unspecified atom stereocenters. The third-order valence-corrected chi connectivity index (χ3v) is 3.87. The molecular formula is C7H14N2O4S2. The molecule has 0 rings (SSSR count). The van der Waals surface area contributed by atoms with Crippen LogP contribution in [0.2, 0.25) is 0 Å². The Hall–Kier alpha value is -0.440. The topological polar surface area (TPSA) is 116 Å². The number of rotatable bonds is 7. The summed E-state index contributed by atoms with van der Waals surface area (Å²) in [5.41, 5.74) is 10.7. The minimum atomic E-state index is -1.04. The van der Waals surface area contributed by atoms with Gasteiger partial charge in [-0.15, -0.1) is 0 Å². The van der Waals surface area contributed by atoms with Crippen LogP contribution in [0.4, 0.5) is 0 Å². The predicted molar refractivity (Wildman–Crippen MR) is 60.5 cm³/mol. The van der Waals surface area contributed by atoms with Crippen LogP contribution in [0, 0.1) is 0 Å². The van der Waals surface area contributed by atoms with Crippen molar-refractivity contribution in [3.8, 4) is 0 Å². The molecule has 0 aliphatic heterocycles. The summed E-state index contributed by atoms with van der Waals surface area (Å²) in [6.45, 7) is 0. The number of hydrogen-bond acceptors (Lipinski definition) is 7. The van der Waals surface area contributed by atoms with Crippen LogP contribution in [-0.2, 0) is 14.3 Å². The van der Waals surface area contributed by atoms with Gasteiger partial charge in [0.15, 0.2) is 0 Å². The molecular weight excluding hydrogens is 240 g/mol. The zero-order valence-electron chi connectivity index (χ0n) is 8.21. The van der Waals surface area contributed by atoms with Crippen LogP contribution < -0.4 is 11.5 Å². The van der Waals surface area contributed by atoms with Crippen molar-refractivity contribution >= 4 is 33.5 Å². The van der Waals surface area contributed by atoms with Crippen LogP contribution in [0.25, 0.3) is 0 Å². The highest BCUT2D eigenvalue weighted by molar-refractivity contribution is 8.76. The van der Waals surface area contributed by atoms with Gasteiger partial charge in [-0.05, 0) is 0 Å². The maximum atomic E-state index is 10.9. The van der Waals surface area contributed by atoms with E-state index in [0.29, 0.717) is 5.75 Å². The number of nitrogens with two attached hydrogens (primary N) is 2. The highest BCUT2D eigenvalue weighted by Gasteiger charge is 2.15. The van der Waals surface area contributed by atoms with E-state index >= 15 is 0 Å². The Labute approximate surface area is 95.5 Å². The third kappa shape index (κ3) is 6.61. The molecule has 0 amide bonds. The number of esters is 1. The van der Waals surface area contributed by atoms with Gasteiger partial charge in [0.2, 0.25) is 0 Å². The Bertz CT molecular complexity index is 227. The number of ether oxygens (including phenoxy) is 1. The summed E-state index contributed by atoms with van der Waals surface area (Å²) in [4.78, 5) is 21.2. The molecule has 0 aliphatic rings. The number of aliphatic carboxylic acids is 1. The standard InChI is InChI=1S/C7H14N2O4S2/c1-13-7(12)5(9)3-15-14-2-4(8)6(10)11/h4-5H,2-3,8-9H2,1H3,(H,10,11)/t4-,5?/m1/s1. The molecule has 5 N–H and O–H groups in total. The summed E-state index contributed by atoms with van der Waals surface area (Å²) in [6.07, 6.45) is 0. The van der Waals surface area contributed by atoms with Gasteiger partial charge in [-0.2, -0.15) is 0 Å². The molecule has 0 saturated heterocycles. The van der Waals surface area contributed by atoms with E-state index in [1.807, 2.05) is 0 Å². The van der Waals surface area contributed by atoms with Gasteiger partial charge in [-0.3, -0.25) is 9.59 Å². The Balaban J connectivity index is 3.54. The van der Waals surface area contributed by atoms with Crippen molar-refractivity contribution < 1.29 is 19.4 Å². The lowest BCUT2D eigenvalue weighted by Gasteiger charge is -2.09. The van der Waals surface area contributed by atoms with Gasteiger partial charge < -0.3 is 21.3 Å². The highest BCUT2D eigenvalue weighted by atomic mass is 33.1. The van der Waals surface area contributed by atoms with Crippen molar-refractivity contribution in [3.63, 3.8) is 0 Å². The molecule has 0 aliphatic carbocycles. The molecule has 15 heavy (non-hydrogen) atoms. The molecule has 0 heterocycles. The monoisotopic (exact) mass is 254 g/mol. The van der Waals surface area contributed by atoms with Gasteiger partial charge >= 0.3 is 11.9 Å². The summed E-state index contributed by atoms with van der Waals surface area (Å²) in [5, 5.41) is 8.47. The molecule has 0 fully saturated rings. The maximum absolute atomic E-state index is 10.9. The van der Waals surface area contributed by atoms with Crippen LogP contribution in [0.1, 0.15) is 0 Å². The van der Waals surface area contributed by atoms with E-state index in [4.69, 9.17) is 16.6 Å². The van der Waals surface area contributed by atoms with E-state index in [1.165, 1.54) is 28.7 Å². The zero-order chi connectivity index (χ0) is 11.8. The van der Waals surface area contributed by atoms with Gasteiger partial charge in [0.1, 0.15) is 12.1 Å². The number of carbonyl (C=O) groups excluding carboxylic acids is 1. The summed E-state index contributed by atoms with van der Waals surface area (Å²) >= 11 is 0. The summed E-state index contributed by atoms with van der Waals surface area (Å²) in [6, 6.07) is -1.58. The Kier molecular flexibility index (Phi) is 7.57.